The van der Waals surface area contributed by atoms with Gasteiger partial charge in [0, 0.05) is 30.1 Å². The summed E-state index contributed by atoms with van der Waals surface area (Å²) < 4.78 is 5.79. The fraction of sp³-hybridized carbons (Fsp3) is 0.300. The van der Waals surface area contributed by atoms with Crippen LogP contribution in [0.25, 0.3) is 0 Å². The lowest BCUT2D eigenvalue weighted by atomic mass is 10.1. The quantitative estimate of drug-likeness (QED) is 0.879. The number of primary amides is 1. The molecule has 1 atom stereocenters. The summed E-state index contributed by atoms with van der Waals surface area (Å²) >= 11 is 0. The molecule has 2 N–H and O–H groups in total. The highest BCUT2D eigenvalue weighted by Gasteiger charge is 2.27. The van der Waals surface area contributed by atoms with E-state index in [2.05, 4.69) is 0 Å². The second-order valence-corrected chi connectivity index (χ2v) is 6.35. The molecular formula is C20H22N2O3. The Morgan fingerprint density at radius 1 is 1.08 bits per heavy atom. The molecule has 25 heavy (non-hydrogen) atoms. The molecule has 3 rings (SSSR count). The number of likely N-dealkylation sites (tertiary alicyclic amines) is 1. The van der Waals surface area contributed by atoms with E-state index in [0.717, 1.165) is 12.0 Å². The molecule has 0 bridgehead atoms. The van der Waals surface area contributed by atoms with E-state index < -0.39 is 5.91 Å². The molecule has 2 aromatic carbocycles. The molecule has 1 saturated heterocycles. The monoisotopic (exact) mass is 338 g/mol. The van der Waals surface area contributed by atoms with Crippen LogP contribution in [0.5, 0.6) is 0 Å². The summed E-state index contributed by atoms with van der Waals surface area (Å²) in [7, 11) is 0. The van der Waals surface area contributed by atoms with Gasteiger partial charge in [-0.2, -0.15) is 0 Å². The Hall–Kier alpha value is -2.66. The van der Waals surface area contributed by atoms with Crippen LogP contribution >= 0.6 is 0 Å². The van der Waals surface area contributed by atoms with Crippen molar-refractivity contribution in [2.75, 3.05) is 19.7 Å². The normalized spacial score (nSPS) is 16.8. The zero-order valence-corrected chi connectivity index (χ0v) is 14.1. The number of ether oxygens (including phenoxy) is 1. The minimum Gasteiger partial charge on any atom is -0.376 e. The predicted molar refractivity (Wildman–Crippen MR) is 95.1 cm³/mol. The lowest BCUT2D eigenvalue weighted by Gasteiger charge is -2.17. The van der Waals surface area contributed by atoms with Gasteiger partial charge in [-0.3, -0.25) is 9.59 Å². The van der Waals surface area contributed by atoms with E-state index in [1.54, 1.807) is 24.3 Å². The van der Waals surface area contributed by atoms with Crippen LogP contribution in [0.4, 0.5) is 0 Å². The van der Waals surface area contributed by atoms with Crippen molar-refractivity contribution < 1.29 is 14.3 Å². The van der Waals surface area contributed by atoms with Gasteiger partial charge in [0.1, 0.15) is 0 Å². The fourth-order valence-electron chi connectivity index (χ4n) is 3.06. The number of nitrogens with zero attached hydrogens (tertiary/aromatic N) is 1. The third-order valence-corrected chi connectivity index (χ3v) is 4.43. The molecule has 1 fully saturated rings. The second kappa shape index (κ2) is 7.94. The first-order chi connectivity index (χ1) is 12.1. The molecular weight excluding hydrogens is 316 g/mol. The third kappa shape index (κ3) is 4.45. The molecule has 1 unspecified atom stereocenters. The van der Waals surface area contributed by atoms with Gasteiger partial charge in [0.25, 0.3) is 5.91 Å². The molecule has 0 spiro atoms. The van der Waals surface area contributed by atoms with Crippen LogP contribution in [-0.2, 0) is 11.3 Å². The minimum absolute atomic E-state index is 0.0614. The lowest BCUT2D eigenvalue weighted by molar-refractivity contribution is 0.0733. The summed E-state index contributed by atoms with van der Waals surface area (Å²) in [6.45, 7) is 2.61. The SMILES string of the molecule is NC(=O)c1cccc(C(=O)N2CCC(COCc3ccccc3)C2)c1. The summed E-state index contributed by atoms with van der Waals surface area (Å²) in [5, 5.41) is 0. The van der Waals surface area contributed by atoms with Crippen LogP contribution < -0.4 is 5.73 Å². The van der Waals surface area contributed by atoms with Crippen molar-refractivity contribution in [3.05, 3.63) is 71.3 Å². The molecule has 5 heteroatoms. The highest BCUT2D eigenvalue weighted by atomic mass is 16.5. The summed E-state index contributed by atoms with van der Waals surface area (Å²) in [4.78, 5) is 25.7. The maximum Gasteiger partial charge on any atom is 0.253 e. The summed E-state index contributed by atoms with van der Waals surface area (Å²) in [6.07, 6.45) is 0.927. The maximum absolute atomic E-state index is 12.6. The highest BCUT2D eigenvalue weighted by Crippen LogP contribution is 2.20. The van der Waals surface area contributed by atoms with E-state index in [9.17, 15) is 9.59 Å². The van der Waals surface area contributed by atoms with Gasteiger partial charge >= 0.3 is 0 Å². The molecule has 2 aromatic rings. The van der Waals surface area contributed by atoms with E-state index in [1.807, 2.05) is 35.2 Å². The molecule has 1 aliphatic heterocycles. The van der Waals surface area contributed by atoms with Gasteiger partial charge in [0.2, 0.25) is 5.91 Å². The van der Waals surface area contributed by atoms with Crippen LogP contribution in [0.15, 0.2) is 54.6 Å². The zero-order chi connectivity index (χ0) is 17.6. The van der Waals surface area contributed by atoms with Gasteiger partial charge in [-0.1, -0.05) is 36.4 Å². The number of rotatable bonds is 6. The first kappa shape index (κ1) is 17.2. The summed E-state index contributed by atoms with van der Waals surface area (Å²) in [6, 6.07) is 16.6. The van der Waals surface area contributed by atoms with Crippen molar-refractivity contribution in [1.29, 1.82) is 0 Å². The average molecular weight is 338 g/mol. The van der Waals surface area contributed by atoms with Crippen molar-refractivity contribution in [3.8, 4) is 0 Å². The first-order valence-electron chi connectivity index (χ1n) is 8.44. The van der Waals surface area contributed by atoms with E-state index in [0.29, 0.717) is 43.3 Å². The van der Waals surface area contributed by atoms with Gasteiger partial charge in [0.15, 0.2) is 0 Å². The van der Waals surface area contributed by atoms with E-state index in [-0.39, 0.29) is 5.91 Å². The summed E-state index contributed by atoms with van der Waals surface area (Å²) in [5.74, 6) is -0.246. The first-order valence-corrected chi connectivity index (χ1v) is 8.44. The molecule has 0 aromatic heterocycles. The van der Waals surface area contributed by atoms with Crippen molar-refractivity contribution in [2.45, 2.75) is 13.0 Å². The fourth-order valence-corrected chi connectivity index (χ4v) is 3.06. The Kier molecular flexibility index (Phi) is 5.46. The number of amides is 2. The average Bonchev–Trinajstić information content (AvgIpc) is 3.11. The second-order valence-electron chi connectivity index (χ2n) is 6.35. The van der Waals surface area contributed by atoms with E-state index >= 15 is 0 Å². The van der Waals surface area contributed by atoms with Crippen molar-refractivity contribution >= 4 is 11.8 Å². The third-order valence-electron chi connectivity index (χ3n) is 4.43. The molecule has 130 valence electrons. The highest BCUT2D eigenvalue weighted by molar-refractivity contribution is 5.99. The Morgan fingerprint density at radius 3 is 2.60 bits per heavy atom. The zero-order valence-electron chi connectivity index (χ0n) is 14.1. The van der Waals surface area contributed by atoms with Gasteiger partial charge in [0.05, 0.1) is 13.2 Å². The topological polar surface area (TPSA) is 72.6 Å². The Labute approximate surface area is 147 Å². The Morgan fingerprint density at radius 2 is 1.84 bits per heavy atom. The predicted octanol–water partition coefficient (Wildman–Crippen LogP) is 2.46. The maximum atomic E-state index is 12.6. The summed E-state index contributed by atoms with van der Waals surface area (Å²) in [5.41, 5.74) is 7.29. The smallest absolute Gasteiger partial charge is 0.253 e. The number of hydrogen-bond donors (Lipinski definition) is 1. The van der Waals surface area contributed by atoms with Gasteiger partial charge in [-0.25, -0.2) is 0 Å². The number of carbonyl (C=O) groups excluding carboxylic acids is 2. The largest absolute Gasteiger partial charge is 0.376 e. The van der Waals surface area contributed by atoms with Crippen LogP contribution in [0.3, 0.4) is 0 Å². The lowest BCUT2D eigenvalue weighted by Crippen LogP contribution is -2.29. The molecule has 1 heterocycles. The van der Waals surface area contributed by atoms with Gasteiger partial charge in [-0.05, 0) is 30.2 Å². The van der Waals surface area contributed by atoms with Crippen LogP contribution in [-0.4, -0.2) is 36.4 Å². The van der Waals surface area contributed by atoms with Gasteiger partial charge in [-0.15, -0.1) is 0 Å². The van der Waals surface area contributed by atoms with Crippen molar-refractivity contribution in [2.24, 2.45) is 11.7 Å². The van der Waals surface area contributed by atoms with Crippen molar-refractivity contribution in [3.63, 3.8) is 0 Å². The number of nitrogens with two attached hydrogens (primary N) is 1. The standard InChI is InChI=1S/C20H22N2O3/c21-19(23)17-7-4-8-18(11-17)20(24)22-10-9-16(12-22)14-25-13-15-5-2-1-3-6-15/h1-8,11,16H,9-10,12-14H2,(H2,21,23). The van der Waals surface area contributed by atoms with Crippen LogP contribution in [0.2, 0.25) is 0 Å². The molecule has 0 saturated carbocycles. The molecule has 1 aliphatic rings. The number of hydrogen-bond acceptors (Lipinski definition) is 3. The molecule has 5 nitrogen and oxygen atoms in total. The number of carbonyl (C=O) groups is 2. The Bertz CT molecular complexity index is 746. The van der Waals surface area contributed by atoms with Crippen LogP contribution in [0, 0.1) is 5.92 Å². The van der Waals surface area contributed by atoms with E-state index in [1.165, 1.54) is 0 Å². The van der Waals surface area contributed by atoms with E-state index in [4.69, 9.17) is 10.5 Å². The molecule has 0 aliphatic carbocycles. The molecule has 0 radical (unpaired) electrons. The van der Waals surface area contributed by atoms with Crippen molar-refractivity contribution in [1.82, 2.24) is 4.90 Å². The van der Waals surface area contributed by atoms with Gasteiger partial charge < -0.3 is 15.4 Å². The molecule has 2 amide bonds. The van der Waals surface area contributed by atoms with Crippen LogP contribution in [0.1, 0.15) is 32.7 Å². The minimum atomic E-state index is -0.525. The number of benzene rings is 2. The Balaban J connectivity index is 1.51.